The second-order valence-corrected chi connectivity index (χ2v) is 5.97. The lowest BCUT2D eigenvalue weighted by Gasteiger charge is -2.20. The molecule has 0 radical (unpaired) electrons. The van der Waals surface area contributed by atoms with E-state index in [0.29, 0.717) is 0 Å². The van der Waals surface area contributed by atoms with Crippen molar-refractivity contribution >= 4 is 23.2 Å². The highest BCUT2D eigenvalue weighted by atomic mass is 35.5. The standard InChI is InChI=1S/C15H14Cl2FNO/c1-8-5-10-13(3-2-4-14(10)20)19(8)9-6-11(16)15(18)12(17)7-9/h5-7,14,20H,2-4H2,1H3. The quantitative estimate of drug-likeness (QED) is 0.765. The first-order valence-corrected chi connectivity index (χ1v) is 7.28. The summed E-state index contributed by atoms with van der Waals surface area (Å²) in [7, 11) is 0. The minimum Gasteiger partial charge on any atom is -0.388 e. The molecule has 1 aliphatic carbocycles. The van der Waals surface area contributed by atoms with Crippen molar-refractivity contribution in [2.24, 2.45) is 0 Å². The Kier molecular flexibility index (Phi) is 3.53. The van der Waals surface area contributed by atoms with E-state index in [0.717, 1.165) is 41.9 Å². The molecule has 0 fully saturated rings. The molecule has 2 nitrogen and oxygen atoms in total. The van der Waals surface area contributed by atoms with E-state index in [9.17, 15) is 9.50 Å². The maximum absolute atomic E-state index is 13.5. The van der Waals surface area contributed by atoms with Gasteiger partial charge in [-0.25, -0.2) is 4.39 Å². The monoisotopic (exact) mass is 313 g/mol. The van der Waals surface area contributed by atoms with Gasteiger partial charge in [-0.2, -0.15) is 0 Å². The normalized spacial score (nSPS) is 18.1. The zero-order valence-electron chi connectivity index (χ0n) is 11.0. The smallest absolute Gasteiger partial charge is 0.160 e. The van der Waals surface area contributed by atoms with Crippen LogP contribution in [0.15, 0.2) is 18.2 Å². The van der Waals surface area contributed by atoms with Gasteiger partial charge in [0, 0.05) is 22.6 Å². The van der Waals surface area contributed by atoms with E-state index in [-0.39, 0.29) is 10.0 Å². The molecule has 1 N–H and O–H groups in total. The fourth-order valence-electron chi connectivity index (χ4n) is 2.91. The van der Waals surface area contributed by atoms with E-state index in [4.69, 9.17) is 23.2 Å². The third kappa shape index (κ3) is 2.14. The van der Waals surface area contributed by atoms with Crippen molar-refractivity contribution in [3.63, 3.8) is 0 Å². The number of aryl methyl sites for hydroxylation is 1. The van der Waals surface area contributed by atoms with E-state index in [2.05, 4.69) is 0 Å². The van der Waals surface area contributed by atoms with Crippen molar-refractivity contribution in [1.82, 2.24) is 4.57 Å². The Labute approximate surface area is 126 Å². The summed E-state index contributed by atoms with van der Waals surface area (Å²) in [6.45, 7) is 1.95. The first-order valence-electron chi connectivity index (χ1n) is 6.53. The molecule has 1 heterocycles. The van der Waals surface area contributed by atoms with Gasteiger partial charge in [0.2, 0.25) is 0 Å². The molecule has 1 aromatic carbocycles. The number of hydrogen-bond acceptors (Lipinski definition) is 1. The highest BCUT2D eigenvalue weighted by Crippen LogP contribution is 2.35. The Balaban J connectivity index is 2.20. The molecule has 3 rings (SSSR count). The lowest BCUT2D eigenvalue weighted by molar-refractivity contribution is 0.156. The Hall–Kier alpha value is -1.03. The first-order chi connectivity index (χ1) is 9.49. The Morgan fingerprint density at radius 2 is 1.90 bits per heavy atom. The van der Waals surface area contributed by atoms with Crippen LogP contribution >= 0.6 is 23.2 Å². The topological polar surface area (TPSA) is 25.2 Å². The van der Waals surface area contributed by atoms with Crippen molar-refractivity contribution in [3.05, 3.63) is 51.0 Å². The Bertz CT molecular complexity index is 658. The molecule has 0 spiro atoms. The Morgan fingerprint density at radius 3 is 2.55 bits per heavy atom. The second kappa shape index (κ2) is 5.06. The average Bonchev–Trinajstić information content (AvgIpc) is 2.73. The van der Waals surface area contributed by atoms with Crippen LogP contribution < -0.4 is 0 Å². The van der Waals surface area contributed by atoms with Crippen LogP contribution in [0.1, 0.15) is 35.9 Å². The third-order valence-electron chi connectivity index (χ3n) is 3.80. The van der Waals surface area contributed by atoms with E-state index >= 15 is 0 Å². The molecule has 2 aromatic rings. The summed E-state index contributed by atoms with van der Waals surface area (Å²) in [5, 5.41) is 10.1. The first kappa shape index (κ1) is 13.9. The zero-order valence-corrected chi connectivity index (χ0v) is 12.5. The van der Waals surface area contributed by atoms with Gasteiger partial charge in [0.1, 0.15) is 0 Å². The van der Waals surface area contributed by atoms with Crippen molar-refractivity contribution < 1.29 is 9.50 Å². The number of benzene rings is 1. The molecule has 1 atom stereocenters. The lowest BCUT2D eigenvalue weighted by Crippen LogP contribution is -2.11. The van der Waals surface area contributed by atoms with Gasteiger partial charge in [0.05, 0.1) is 16.1 Å². The maximum Gasteiger partial charge on any atom is 0.160 e. The summed E-state index contributed by atoms with van der Waals surface area (Å²) in [5.41, 5.74) is 3.72. The van der Waals surface area contributed by atoms with Gasteiger partial charge in [-0.1, -0.05) is 23.2 Å². The zero-order chi connectivity index (χ0) is 14.4. The highest BCUT2D eigenvalue weighted by molar-refractivity contribution is 6.35. The van der Waals surface area contributed by atoms with Gasteiger partial charge in [-0.05, 0) is 44.4 Å². The van der Waals surface area contributed by atoms with Crippen molar-refractivity contribution in [1.29, 1.82) is 0 Å². The van der Waals surface area contributed by atoms with E-state index in [1.165, 1.54) is 0 Å². The predicted molar refractivity (Wildman–Crippen MR) is 78.4 cm³/mol. The average molecular weight is 314 g/mol. The molecular weight excluding hydrogens is 300 g/mol. The number of aliphatic hydroxyl groups excluding tert-OH is 1. The molecule has 1 aliphatic rings. The van der Waals surface area contributed by atoms with Gasteiger partial charge in [-0.3, -0.25) is 0 Å². The van der Waals surface area contributed by atoms with Crippen molar-refractivity contribution in [3.8, 4) is 5.69 Å². The van der Waals surface area contributed by atoms with Crippen LogP contribution in [0.4, 0.5) is 4.39 Å². The molecule has 0 amide bonds. The number of rotatable bonds is 1. The minimum absolute atomic E-state index is 0.00529. The number of hydrogen-bond donors (Lipinski definition) is 1. The molecule has 1 aromatic heterocycles. The molecule has 106 valence electrons. The summed E-state index contributed by atoms with van der Waals surface area (Å²) in [6, 6.07) is 5.11. The van der Waals surface area contributed by atoms with Crippen LogP contribution in [0, 0.1) is 12.7 Å². The third-order valence-corrected chi connectivity index (χ3v) is 4.35. The highest BCUT2D eigenvalue weighted by Gasteiger charge is 2.24. The van der Waals surface area contributed by atoms with E-state index < -0.39 is 11.9 Å². The van der Waals surface area contributed by atoms with Gasteiger partial charge >= 0.3 is 0 Å². The van der Waals surface area contributed by atoms with Crippen LogP contribution in [0.2, 0.25) is 10.0 Å². The summed E-state index contributed by atoms with van der Waals surface area (Å²) in [6.07, 6.45) is 2.17. The lowest BCUT2D eigenvalue weighted by atomic mass is 9.95. The fourth-order valence-corrected chi connectivity index (χ4v) is 3.38. The van der Waals surface area contributed by atoms with Crippen molar-refractivity contribution in [2.75, 3.05) is 0 Å². The van der Waals surface area contributed by atoms with Crippen LogP contribution in [0.5, 0.6) is 0 Å². The van der Waals surface area contributed by atoms with Crippen molar-refractivity contribution in [2.45, 2.75) is 32.3 Å². The molecule has 0 bridgehead atoms. The molecule has 0 saturated heterocycles. The number of aliphatic hydroxyl groups is 1. The van der Waals surface area contributed by atoms with Gasteiger partial charge in [-0.15, -0.1) is 0 Å². The molecule has 5 heteroatoms. The Morgan fingerprint density at radius 1 is 1.25 bits per heavy atom. The van der Waals surface area contributed by atoms with Gasteiger partial charge in [0.15, 0.2) is 5.82 Å². The van der Waals surface area contributed by atoms with Gasteiger partial charge < -0.3 is 9.67 Å². The van der Waals surface area contributed by atoms with Gasteiger partial charge in [0.25, 0.3) is 0 Å². The largest absolute Gasteiger partial charge is 0.388 e. The molecule has 0 saturated carbocycles. The molecule has 1 unspecified atom stereocenters. The SMILES string of the molecule is Cc1cc2c(n1-c1cc(Cl)c(F)c(Cl)c1)CCCC2O. The maximum atomic E-state index is 13.5. The number of halogens is 3. The fraction of sp³-hybridized carbons (Fsp3) is 0.333. The van der Waals surface area contributed by atoms with Crippen LogP contribution in [0.3, 0.4) is 0 Å². The van der Waals surface area contributed by atoms with Crippen LogP contribution in [0.25, 0.3) is 5.69 Å². The van der Waals surface area contributed by atoms with E-state index in [1.807, 2.05) is 17.6 Å². The van der Waals surface area contributed by atoms with Crippen LogP contribution in [-0.4, -0.2) is 9.67 Å². The number of aromatic nitrogens is 1. The molecule has 0 aliphatic heterocycles. The number of nitrogens with zero attached hydrogens (tertiary/aromatic N) is 1. The summed E-state index contributed by atoms with van der Waals surface area (Å²) in [4.78, 5) is 0. The van der Waals surface area contributed by atoms with Crippen LogP contribution in [-0.2, 0) is 6.42 Å². The minimum atomic E-state index is -0.601. The summed E-state index contributed by atoms with van der Waals surface area (Å²) >= 11 is 11.8. The summed E-state index contributed by atoms with van der Waals surface area (Å²) in [5.74, 6) is -0.601. The predicted octanol–water partition coefficient (Wildman–Crippen LogP) is 4.60. The molecular formula is C15H14Cl2FNO. The second-order valence-electron chi connectivity index (χ2n) is 5.15. The van der Waals surface area contributed by atoms with E-state index in [1.54, 1.807) is 12.1 Å². The number of fused-ring (bicyclic) bond motifs is 1. The molecule has 20 heavy (non-hydrogen) atoms. The summed E-state index contributed by atoms with van der Waals surface area (Å²) < 4.78 is 15.5.